The molecule has 1 unspecified atom stereocenters. The Labute approximate surface area is 117 Å². The number of aromatic nitrogens is 1. The average Bonchev–Trinajstić information content (AvgIpc) is 2.77. The van der Waals surface area contributed by atoms with E-state index in [1.54, 1.807) is 0 Å². The van der Waals surface area contributed by atoms with Crippen LogP contribution in [0.15, 0.2) is 0 Å². The van der Waals surface area contributed by atoms with E-state index >= 15 is 0 Å². The van der Waals surface area contributed by atoms with Crippen molar-refractivity contribution in [2.45, 2.75) is 39.2 Å². The molecule has 0 fully saturated rings. The summed E-state index contributed by atoms with van der Waals surface area (Å²) in [4.78, 5) is 16.6. The Kier molecular flexibility index (Phi) is 6.58. The highest BCUT2D eigenvalue weighted by atomic mass is 32.1. The molecule has 5 N–H and O–H groups in total. The van der Waals surface area contributed by atoms with Gasteiger partial charge >= 0.3 is 0 Å². The number of nitrogens with two attached hydrogens (primary N) is 1. The van der Waals surface area contributed by atoms with Crippen LogP contribution < -0.4 is 16.4 Å². The van der Waals surface area contributed by atoms with Gasteiger partial charge in [0.2, 0.25) is 0 Å². The van der Waals surface area contributed by atoms with Crippen LogP contribution in [0.1, 0.15) is 42.8 Å². The first kappa shape index (κ1) is 15.7. The number of nitrogens with zero attached hydrogens (tertiary/aromatic N) is 1. The fourth-order valence-electron chi connectivity index (χ4n) is 1.59. The molecular weight excluding hydrogens is 264 g/mol. The summed E-state index contributed by atoms with van der Waals surface area (Å²) in [5.74, 6) is 0.0276. The predicted octanol–water partition coefficient (Wildman–Crippen LogP) is 1.44. The third kappa shape index (κ3) is 4.68. The van der Waals surface area contributed by atoms with Gasteiger partial charge < -0.3 is 21.5 Å². The summed E-state index contributed by atoms with van der Waals surface area (Å²) in [5.41, 5.74) is 5.75. The monoisotopic (exact) mass is 286 g/mol. The highest BCUT2D eigenvalue weighted by Gasteiger charge is 2.18. The molecule has 1 amide bonds. The molecule has 1 heterocycles. The minimum Gasteiger partial charge on any atom is -0.396 e. The standard InChI is InChI=1S/C12H22N4O2S/c1-3-6-14-12-16-10(13)9(19-12)11(18)15-8(4-2)5-7-17/h8,17H,3-7,13H2,1-2H3,(H,14,16)(H,15,18). The van der Waals surface area contributed by atoms with Crippen molar-refractivity contribution >= 4 is 28.2 Å². The first-order chi connectivity index (χ1) is 9.12. The Morgan fingerprint density at radius 3 is 2.84 bits per heavy atom. The summed E-state index contributed by atoms with van der Waals surface area (Å²) < 4.78 is 0. The van der Waals surface area contributed by atoms with Gasteiger partial charge in [0.25, 0.3) is 5.91 Å². The van der Waals surface area contributed by atoms with Crippen molar-refractivity contribution in [2.75, 3.05) is 24.2 Å². The van der Waals surface area contributed by atoms with Gasteiger partial charge in [0.15, 0.2) is 5.13 Å². The molecule has 0 saturated heterocycles. The lowest BCUT2D eigenvalue weighted by Crippen LogP contribution is -2.34. The molecule has 0 spiro atoms. The summed E-state index contributed by atoms with van der Waals surface area (Å²) in [5, 5.41) is 15.5. The van der Waals surface area contributed by atoms with E-state index in [9.17, 15) is 4.79 Å². The number of aliphatic hydroxyl groups is 1. The number of nitrogen functional groups attached to an aromatic ring is 1. The molecule has 6 nitrogen and oxygen atoms in total. The zero-order valence-corrected chi connectivity index (χ0v) is 12.2. The molecule has 0 aromatic carbocycles. The predicted molar refractivity (Wildman–Crippen MR) is 78.6 cm³/mol. The van der Waals surface area contributed by atoms with Gasteiger partial charge in [0, 0.05) is 19.2 Å². The maximum absolute atomic E-state index is 12.1. The molecule has 1 rings (SSSR count). The second-order valence-electron chi connectivity index (χ2n) is 4.25. The van der Waals surface area contributed by atoms with Crippen LogP contribution in [0.3, 0.4) is 0 Å². The maximum Gasteiger partial charge on any atom is 0.265 e. The van der Waals surface area contributed by atoms with E-state index in [0.29, 0.717) is 16.4 Å². The Hall–Kier alpha value is -1.34. The molecule has 0 saturated carbocycles. The van der Waals surface area contributed by atoms with Crippen molar-refractivity contribution in [3.05, 3.63) is 4.88 Å². The van der Waals surface area contributed by atoms with Gasteiger partial charge in [0.1, 0.15) is 10.7 Å². The topological polar surface area (TPSA) is 100 Å². The SMILES string of the molecule is CCCNc1nc(N)c(C(=O)NC(CC)CCO)s1. The van der Waals surface area contributed by atoms with Crippen LogP contribution in [0.2, 0.25) is 0 Å². The molecule has 0 aliphatic carbocycles. The van der Waals surface area contributed by atoms with Crippen molar-refractivity contribution in [3.63, 3.8) is 0 Å². The van der Waals surface area contributed by atoms with E-state index in [0.717, 1.165) is 19.4 Å². The van der Waals surface area contributed by atoms with Gasteiger partial charge in [-0.25, -0.2) is 4.98 Å². The smallest absolute Gasteiger partial charge is 0.265 e. The molecule has 108 valence electrons. The van der Waals surface area contributed by atoms with Gasteiger partial charge in [0.05, 0.1) is 0 Å². The number of hydrogen-bond acceptors (Lipinski definition) is 6. The fraction of sp³-hybridized carbons (Fsp3) is 0.667. The van der Waals surface area contributed by atoms with E-state index in [2.05, 4.69) is 22.5 Å². The van der Waals surface area contributed by atoms with Crippen LogP contribution in [-0.2, 0) is 0 Å². The molecular formula is C12H22N4O2S. The van der Waals surface area contributed by atoms with Gasteiger partial charge in [-0.15, -0.1) is 0 Å². The van der Waals surface area contributed by atoms with Crippen LogP contribution in [0.5, 0.6) is 0 Å². The molecule has 1 aromatic heterocycles. The number of hydrogen-bond donors (Lipinski definition) is 4. The zero-order valence-electron chi connectivity index (χ0n) is 11.4. The normalized spacial score (nSPS) is 12.2. The molecule has 19 heavy (non-hydrogen) atoms. The lowest BCUT2D eigenvalue weighted by molar-refractivity contribution is 0.0934. The lowest BCUT2D eigenvalue weighted by atomic mass is 10.1. The average molecular weight is 286 g/mol. The Morgan fingerprint density at radius 1 is 1.53 bits per heavy atom. The summed E-state index contributed by atoms with van der Waals surface area (Å²) in [6, 6.07) is -0.0361. The van der Waals surface area contributed by atoms with Crippen molar-refractivity contribution in [2.24, 2.45) is 0 Å². The highest BCUT2D eigenvalue weighted by Crippen LogP contribution is 2.25. The summed E-state index contributed by atoms with van der Waals surface area (Å²) in [6.07, 6.45) is 2.29. The number of aliphatic hydroxyl groups excluding tert-OH is 1. The molecule has 0 aliphatic heterocycles. The maximum atomic E-state index is 12.1. The third-order valence-electron chi connectivity index (χ3n) is 2.69. The van der Waals surface area contributed by atoms with E-state index in [4.69, 9.17) is 10.8 Å². The van der Waals surface area contributed by atoms with Gasteiger partial charge in [-0.2, -0.15) is 0 Å². The van der Waals surface area contributed by atoms with E-state index in [1.807, 2.05) is 6.92 Å². The number of anilines is 2. The third-order valence-corrected chi connectivity index (χ3v) is 3.72. The lowest BCUT2D eigenvalue weighted by Gasteiger charge is -2.14. The summed E-state index contributed by atoms with van der Waals surface area (Å²) >= 11 is 1.26. The molecule has 0 radical (unpaired) electrons. The number of thiazole rings is 1. The second-order valence-corrected chi connectivity index (χ2v) is 5.25. The van der Waals surface area contributed by atoms with E-state index in [1.165, 1.54) is 11.3 Å². The quantitative estimate of drug-likeness (QED) is 0.579. The van der Waals surface area contributed by atoms with Crippen molar-refractivity contribution < 1.29 is 9.90 Å². The van der Waals surface area contributed by atoms with Crippen LogP contribution in [0.4, 0.5) is 10.9 Å². The van der Waals surface area contributed by atoms with Crippen LogP contribution in [0, 0.1) is 0 Å². The Balaban J connectivity index is 2.67. The number of carbonyl (C=O) groups excluding carboxylic acids is 1. The summed E-state index contributed by atoms with van der Waals surface area (Å²) in [7, 11) is 0. The van der Waals surface area contributed by atoms with Crippen LogP contribution in [-0.4, -0.2) is 35.2 Å². The minimum atomic E-state index is -0.222. The molecule has 0 aliphatic rings. The Morgan fingerprint density at radius 2 is 2.26 bits per heavy atom. The van der Waals surface area contributed by atoms with E-state index in [-0.39, 0.29) is 24.4 Å². The molecule has 7 heteroatoms. The molecule has 1 atom stereocenters. The Bertz CT molecular complexity index is 408. The van der Waals surface area contributed by atoms with Gasteiger partial charge in [-0.1, -0.05) is 25.2 Å². The second kappa shape index (κ2) is 7.96. The summed E-state index contributed by atoms with van der Waals surface area (Å²) in [6.45, 7) is 4.87. The number of nitrogens with one attached hydrogen (secondary N) is 2. The number of carbonyl (C=O) groups is 1. The number of rotatable bonds is 8. The largest absolute Gasteiger partial charge is 0.396 e. The van der Waals surface area contributed by atoms with Crippen LogP contribution >= 0.6 is 11.3 Å². The van der Waals surface area contributed by atoms with E-state index < -0.39 is 0 Å². The molecule has 1 aromatic rings. The van der Waals surface area contributed by atoms with Crippen LogP contribution in [0.25, 0.3) is 0 Å². The van der Waals surface area contributed by atoms with Crippen molar-refractivity contribution in [1.82, 2.24) is 10.3 Å². The first-order valence-corrected chi connectivity index (χ1v) is 7.35. The molecule has 0 bridgehead atoms. The number of amides is 1. The highest BCUT2D eigenvalue weighted by molar-refractivity contribution is 7.18. The minimum absolute atomic E-state index is 0.0361. The van der Waals surface area contributed by atoms with Crippen molar-refractivity contribution in [3.8, 4) is 0 Å². The fourth-order valence-corrected chi connectivity index (χ4v) is 2.40. The zero-order chi connectivity index (χ0) is 14.3. The van der Waals surface area contributed by atoms with Crippen molar-refractivity contribution in [1.29, 1.82) is 0 Å². The first-order valence-electron chi connectivity index (χ1n) is 6.54. The van der Waals surface area contributed by atoms with Gasteiger partial charge in [-0.3, -0.25) is 4.79 Å². The van der Waals surface area contributed by atoms with Gasteiger partial charge in [-0.05, 0) is 19.3 Å².